The van der Waals surface area contributed by atoms with Gasteiger partial charge in [-0.25, -0.2) is 19.6 Å². The number of benzene rings is 1. The number of ether oxygens (including phenoxy) is 2. The zero-order valence-corrected chi connectivity index (χ0v) is 11.1. The van der Waals surface area contributed by atoms with Crippen LogP contribution in [0.25, 0.3) is 0 Å². The third-order valence-electron chi connectivity index (χ3n) is 2.32. The van der Waals surface area contributed by atoms with Crippen LogP contribution in [0.1, 0.15) is 12.8 Å². The van der Waals surface area contributed by atoms with Gasteiger partial charge in [0.25, 0.3) is 0 Å². The maximum Gasteiger partial charge on any atom is 0.234 e. The minimum Gasteiger partial charge on any atom is -0.490 e. The van der Waals surface area contributed by atoms with Gasteiger partial charge in [-0.15, -0.1) is 0 Å². The molecule has 6 heteroatoms. The van der Waals surface area contributed by atoms with Crippen LogP contribution in [-0.4, -0.2) is 38.5 Å². The van der Waals surface area contributed by atoms with E-state index in [0.717, 1.165) is 0 Å². The third kappa shape index (κ3) is 6.50. The SMILES string of the molecule is O=C=NCCCOc1ccccc1OCCCN=C=O. The summed E-state index contributed by atoms with van der Waals surface area (Å²) in [5.74, 6) is 1.28. The van der Waals surface area contributed by atoms with Gasteiger partial charge in [-0.3, -0.25) is 0 Å². The maximum absolute atomic E-state index is 9.90. The molecule has 0 fully saturated rings. The largest absolute Gasteiger partial charge is 0.490 e. The quantitative estimate of drug-likeness (QED) is 0.371. The molecular weight excluding hydrogens is 260 g/mol. The lowest BCUT2D eigenvalue weighted by molar-refractivity contribution is 0.265. The second-order valence-corrected chi connectivity index (χ2v) is 3.80. The van der Waals surface area contributed by atoms with Crippen LogP contribution >= 0.6 is 0 Å². The fraction of sp³-hybridized carbons (Fsp3) is 0.429. The zero-order valence-electron chi connectivity index (χ0n) is 11.1. The Morgan fingerprint density at radius 1 is 0.850 bits per heavy atom. The smallest absolute Gasteiger partial charge is 0.234 e. The lowest BCUT2D eigenvalue weighted by Gasteiger charge is -2.11. The lowest BCUT2D eigenvalue weighted by Crippen LogP contribution is -2.04. The van der Waals surface area contributed by atoms with E-state index >= 15 is 0 Å². The van der Waals surface area contributed by atoms with E-state index in [1.807, 2.05) is 24.3 Å². The predicted molar refractivity (Wildman–Crippen MR) is 72.6 cm³/mol. The molecule has 106 valence electrons. The van der Waals surface area contributed by atoms with E-state index < -0.39 is 0 Å². The van der Waals surface area contributed by atoms with Crippen LogP contribution in [0.3, 0.4) is 0 Å². The summed E-state index contributed by atoms with van der Waals surface area (Å²) >= 11 is 0. The molecule has 0 radical (unpaired) electrons. The first kappa shape index (κ1) is 15.6. The summed E-state index contributed by atoms with van der Waals surface area (Å²) in [6, 6.07) is 7.31. The molecule has 0 saturated carbocycles. The van der Waals surface area contributed by atoms with Gasteiger partial charge in [0.05, 0.1) is 26.3 Å². The van der Waals surface area contributed by atoms with Crippen molar-refractivity contribution in [3.8, 4) is 11.5 Å². The fourth-order valence-electron chi connectivity index (χ4n) is 1.43. The van der Waals surface area contributed by atoms with E-state index in [0.29, 0.717) is 50.6 Å². The molecule has 20 heavy (non-hydrogen) atoms. The second kappa shape index (κ2) is 10.5. The summed E-state index contributed by atoms with van der Waals surface area (Å²) in [6.45, 7) is 1.69. The van der Waals surface area contributed by atoms with Gasteiger partial charge in [-0.1, -0.05) is 12.1 Å². The first-order valence-electron chi connectivity index (χ1n) is 6.30. The van der Waals surface area contributed by atoms with Crippen molar-refractivity contribution in [1.29, 1.82) is 0 Å². The monoisotopic (exact) mass is 276 g/mol. The molecule has 0 N–H and O–H groups in total. The minimum atomic E-state index is 0.399. The fourth-order valence-corrected chi connectivity index (χ4v) is 1.43. The molecule has 0 aliphatic heterocycles. The molecule has 0 spiro atoms. The van der Waals surface area contributed by atoms with Crippen LogP contribution in [0.5, 0.6) is 11.5 Å². The van der Waals surface area contributed by atoms with E-state index in [1.54, 1.807) is 0 Å². The summed E-state index contributed by atoms with van der Waals surface area (Å²) in [6.07, 6.45) is 4.23. The number of isocyanates is 2. The Hall–Kier alpha value is -2.42. The second-order valence-electron chi connectivity index (χ2n) is 3.80. The highest BCUT2D eigenvalue weighted by Gasteiger charge is 2.03. The van der Waals surface area contributed by atoms with Crippen LogP contribution in [0.15, 0.2) is 34.3 Å². The van der Waals surface area contributed by atoms with Crippen LogP contribution < -0.4 is 9.47 Å². The normalized spacial score (nSPS) is 9.20. The van der Waals surface area contributed by atoms with Gasteiger partial charge in [0.15, 0.2) is 11.5 Å². The van der Waals surface area contributed by atoms with Crippen molar-refractivity contribution < 1.29 is 19.1 Å². The number of rotatable bonds is 10. The summed E-state index contributed by atoms with van der Waals surface area (Å²) in [4.78, 5) is 26.7. The lowest BCUT2D eigenvalue weighted by atomic mass is 10.3. The topological polar surface area (TPSA) is 77.3 Å². The van der Waals surface area contributed by atoms with Crippen LogP contribution in [0.4, 0.5) is 0 Å². The Labute approximate surface area is 117 Å². The number of hydrogen-bond donors (Lipinski definition) is 0. The van der Waals surface area contributed by atoms with Crippen molar-refractivity contribution in [2.24, 2.45) is 9.98 Å². The highest BCUT2D eigenvalue weighted by Crippen LogP contribution is 2.26. The van der Waals surface area contributed by atoms with Gasteiger partial charge in [0.1, 0.15) is 0 Å². The van der Waals surface area contributed by atoms with Crippen molar-refractivity contribution in [1.82, 2.24) is 0 Å². The van der Waals surface area contributed by atoms with Crippen LogP contribution in [0, 0.1) is 0 Å². The number of hydrogen-bond acceptors (Lipinski definition) is 6. The highest BCUT2D eigenvalue weighted by molar-refractivity contribution is 5.39. The number of carbonyl (C=O) groups excluding carboxylic acids is 2. The number of nitrogens with zero attached hydrogens (tertiary/aromatic N) is 2. The summed E-state index contributed by atoms with van der Waals surface area (Å²) in [7, 11) is 0. The Morgan fingerprint density at radius 2 is 1.30 bits per heavy atom. The summed E-state index contributed by atoms with van der Waals surface area (Å²) in [5, 5.41) is 0. The Kier molecular flexibility index (Phi) is 8.21. The van der Waals surface area contributed by atoms with E-state index in [-0.39, 0.29) is 0 Å². The Balaban J connectivity index is 2.38. The molecule has 0 unspecified atom stereocenters. The van der Waals surface area contributed by atoms with Crippen LogP contribution in [0.2, 0.25) is 0 Å². The molecule has 0 aliphatic rings. The van der Waals surface area contributed by atoms with Gasteiger partial charge in [0.2, 0.25) is 12.2 Å². The van der Waals surface area contributed by atoms with E-state index in [4.69, 9.17) is 9.47 Å². The molecule has 1 rings (SSSR count). The zero-order chi connectivity index (χ0) is 14.5. The molecule has 0 bridgehead atoms. The molecule has 0 atom stereocenters. The average molecular weight is 276 g/mol. The van der Waals surface area contributed by atoms with Gasteiger partial charge in [-0.2, -0.15) is 0 Å². The van der Waals surface area contributed by atoms with Gasteiger partial charge < -0.3 is 9.47 Å². The first-order valence-corrected chi connectivity index (χ1v) is 6.30. The standard InChI is InChI=1S/C14H16N2O4/c17-11-15-7-3-9-19-13-5-1-2-6-14(13)20-10-4-8-16-12-18/h1-2,5-6H,3-4,7-10H2. The molecule has 0 heterocycles. The summed E-state index contributed by atoms with van der Waals surface area (Å²) < 4.78 is 11.1. The Morgan fingerprint density at radius 3 is 1.70 bits per heavy atom. The van der Waals surface area contributed by atoms with Crippen molar-refractivity contribution >= 4 is 12.2 Å². The van der Waals surface area contributed by atoms with E-state index in [2.05, 4.69) is 9.98 Å². The molecule has 0 aliphatic carbocycles. The molecule has 0 amide bonds. The van der Waals surface area contributed by atoms with Gasteiger partial charge in [-0.05, 0) is 12.1 Å². The minimum absolute atomic E-state index is 0.399. The molecule has 0 aromatic heterocycles. The number of aliphatic imine (C=N–C) groups is 2. The summed E-state index contributed by atoms with van der Waals surface area (Å²) in [5.41, 5.74) is 0. The maximum atomic E-state index is 9.90. The van der Waals surface area contributed by atoms with Crippen molar-refractivity contribution in [2.45, 2.75) is 12.8 Å². The molecule has 1 aromatic rings. The molecule has 6 nitrogen and oxygen atoms in total. The molecule has 0 saturated heterocycles. The van der Waals surface area contributed by atoms with Crippen molar-refractivity contribution in [3.63, 3.8) is 0 Å². The number of para-hydroxylation sites is 2. The molecule has 1 aromatic carbocycles. The van der Waals surface area contributed by atoms with Gasteiger partial charge >= 0.3 is 0 Å². The average Bonchev–Trinajstić information content (AvgIpc) is 2.48. The van der Waals surface area contributed by atoms with E-state index in [9.17, 15) is 9.59 Å². The predicted octanol–water partition coefficient (Wildman–Crippen LogP) is 1.90. The van der Waals surface area contributed by atoms with Crippen molar-refractivity contribution in [3.05, 3.63) is 24.3 Å². The first-order chi connectivity index (χ1) is 9.88. The van der Waals surface area contributed by atoms with Crippen molar-refractivity contribution in [2.75, 3.05) is 26.3 Å². The third-order valence-corrected chi connectivity index (χ3v) is 2.32. The highest BCUT2D eigenvalue weighted by atomic mass is 16.5. The van der Waals surface area contributed by atoms with E-state index in [1.165, 1.54) is 12.2 Å². The Bertz CT molecular complexity index is 447. The van der Waals surface area contributed by atoms with Crippen LogP contribution in [-0.2, 0) is 9.59 Å². The van der Waals surface area contributed by atoms with Gasteiger partial charge in [0, 0.05) is 12.8 Å². The molecular formula is C14H16N2O4.